The Morgan fingerprint density at radius 3 is 2.71 bits per heavy atom. The van der Waals surface area contributed by atoms with Crippen LogP contribution in [-0.4, -0.2) is 17.9 Å². The van der Waals surface area contributed by atoms with E-state index in [1.807, 2.05) is 26.0 Å². The average molecular weight is 193 g/mol. The maximum atomic E-state index is 9.36. The van der Waals surface area contributed by atoms with Gasteiger partial charge in [0.1, 0.15) is 12.9 Å². The summed E-state index contributed by atoms with van der Waals surface area (Å²) in [6, 6.07) is 5.41. The highest BCUT2D eigenvalue weighted by Gasteiger charge is 2.04. The topological polar surface area (TPSA) is 41.8 Å². The first-order valence-electron chi connectivity index (χ1n) is 4.59. The van der Waals surface area contributed by atoms with E-state index in [4.69, 9.17) is 4.84 Å². The van der Waals surface area contributed by atoms with Gasteiger partial charge in [-0.2, -0.15) is 0 Å². The summed E-state index contributed by atoms with van der Waals surface area (Å²) in [5.41, 5.74) is 2.72. The number of oxime groups is 1. The fourth-order valence-corrected chi connectivity index (χ4v) is 1.27. The van der Waals surface area contributed by atoms with E-state index in [-0.39, 0.29) is 0 Å². The van der Waals surface area contributed by atoms with Crippen molar-refractivity contribution < 1.29 is 9.94 Å². The molecule has 0 aliphatic heterocycles. The predicted octanol–water partition coefficient (Wildman–Crippen LogP) is 2.46. The van der Waals surface area contributed by atoms with Gasteiger partial charge in [-0.15, -0.1) is 0 Å². The van der Waals surface area contributed by atoms with E-state index in [0.717, 1.165) is 23.3 Å². The third kappa shape index (κ3) is 2.25. The van der Waals surface area contributed by atoms with Crippen molar-refractivity contribution in [3.63, 3.8) is 0 Å². The Bertz CT molecular complexity index is 345. The van der Waals surface area contributed by atoms with Gasteiger partial charge in [0.15, 0.2) is 0 Å². The number of phenols is 1. The van der Waals surface area contributed by atoms with E-state index in [0.29, 0.717) is 5.75 Å². The van der Waals surface area contributed by atoms with Crippen LogP contribution >= 0.6 is 0 Å². The van der Waals surface area contributed by atoms with Crippen molar-refractivity contribution in [2.45, 2.75) is 20.3 Å². The van der Waals surface area contributed by atoms with Crippen LogP contribution in [0.5, 0.6) is 5.75 Å². The summed E-state index contributed by atoms with van der Waals surface area (Å²) in [6.45, 7) is 3.87. The molecule has 3 heteroatoms. The number of nitrogens with zero attached hydrogens (tertiary/aromatic N) is 1. The van der Waals surface area contributed by atoms with Crippen molar-refractivity contribution in [3.8, 4) is 5.75 Å². The zero-order chi connectivity index (χ0) is 10.6. The summed E-state index contributed by atoms with van der Waals surface area (Å²) in [5, 5.41) is 13.3. The molecule has 0 atom stereocenters. The third-order valence-corrected chi connectivity index (χ3v) is 2.07. The minimum Gasteiger partial charge on any atom is -0.508 e. The predicted molar refractivity (Wildman–Crippen MR) is 56.7 cm³/mol. The van der Waals surface area contributed by atoms with Gasteiger partial charge in [0.05, 0.1) is 5.71 Å². The Labute approximate surface area is 84.0 Å². The number of phenolic OH excluding ortho intramolecular Hbond substituents is 1. The maximum Gasteiger partial charge on any atom is 0.118 e. The van der Waals surface area contributed by atoms with Crippen LogP contribution in [0.4, 0.5) is 0 Å². The van der Waals surface area contributed by atoms with E-state index in [1.54, 1.807) is 6.07 Å². The molecule has 0 radical (unpaired) electrons. The van der Waals surface area contributed by atoms with Gasteiger partial charge in [0, 0.05) is 0 Å². The Kier molecular flexibility index (Phi) is 3.51. The molecule has 0 aliphatic carbocycles. The molecular weight excluding hydrogens is 178 g/mol. The molecule has 0 aromatic heterocycles. The minimum atomic E-state index is 0.307. The monoisotopic (exact) mass is 193 g/mol. The van der Waals surface area contributed by atoms with Crippen LogP contribution in [-0.2, 0) is 4.84 Å². The Morgan fingerprint density at radius 2 is 2.21 bits per heavy atom. The Hall–Kier alpha value is -1.51. The molecule has 0 saturated carbocycles. The zero-order valence-electron chi connectivity index (χ0n) is 8.74. The molecule has 0 bridgehead atoms. The van der Waals surface area contributed by atoms with E-state index >= 15 is 0 Å². The summed E-state index contributed by atoms with van der Waals surface area (Å²) in [4.78, 5) is 4.74. The number of benzene rings is 1. The standard InChI is InChI=1S/C11H15NO2/c1-4-10(12-14-3)9-5-6-11(13)8(2)7-9/h5-7,13H,4H2,1-3H3/b12-10+. The molecule has 1 aromatic rings. The lowest BCUT2D eigenvalue weighted by Gasteiger charge is -2.05. The summed E-state index contributed by atoms with van der Waals surface area (Å²) in [6.07, 6.45) is 0.804. The average Bonchev–Trinajstić information content (AvgIpc) is 2.19. The van der Waals surface area contributed by atoms with Crippen molar-refractivity contribution in [1.29, 1.82) is 0 Å². The lowest BCUT2D eigenvalue weighted by molar-refractivity contribution is 0.213. The van der Waals surface area contributed by atoms with Gasteiger partial charge in [-0.05, 0) is 42.7 Å². The molecule has 0 amide bonds. The largest absolute Gasteiger partial charge is 0.508 e. The minimum absolute atomic E-state index is 0.307. The number of aryl methyl sites for hydroxylation is 1. The molecule has 0 heterocycles. The molecular formula is C11H15NO2. The second kappa shape index (κ2) is 4.65. The van der Waals surface area contributed by atoms with Crippen LogP contribution in [0, 0.1) is 6.92 Å². The molecule has 0 fully saturated rings. The SMILES string of the molecule is CC/C(=N\OC)c1ccc(O)c(C)c1. The van der Waals surface area contributed by atoms with Crippen LogP contribution in [0.3, 0.4) is 0 Å². The van der Waals surface area contributed by atoms with Crippen LogP contribution in [0.1, 0.15) is 24.5 Å². The smallest absolute Gasteiger partial charge is 0.118 e. The van der Waals surface area contributed by atoms with Gasteiger partial charge in [-0.1, -0.05) is 12.1 Å². The lowest BCUT2D eigenvalue weighted by Crippen LogP contribution is -1.99. The summed E-state index contributed by atoms with van der Waals surface area (Å²) >= 11 is 0. The van der Waals surface area contributed by atoms with E-state index < -0.39 is 0 Å². The first kappa shape index (κ1) is 10.6. The number of hydrogen-bond donors (Lipinski definition) is 1. The molecule has 0 aliphatic rings. The molecule has 3 nitrogen and oxygen atoms in total. The molecule has 76 valence electrons. The normalized spacial score (nSPS) is 11.5. The highest BCUT2D eigenvalue weighted by Crippen LogP contribution is 2.18. The van der Waals surface area contributed by atoms with Crippen molar-refractivity contribution in [2.24, 2.45) is 5.16 Å². The highest BCUT2D eigenvalue weighted by molar-refractivity contribution is 6.00. The quantitative estimate of drug-likeness (QED) is 0.591. The molecule has 0 saturated heterocycles. The molecule has 1 aromatic carbocycles. The van der Waals surface area contributed by atoms with E-state index in [9.17, 15) is 5.11 Å². The van der Waals surface area contributed by atoms with Gasteiger partial charge in [0.2, 0.25) is 0 Å². The molecule has 0 unspecified atom stereocenters. The molecule has 14 heavy (non-hydrogen) atoms. The number of hydrogen-bond acceptors (Lipinski definition) is 3. The maximum absolute atomic E-state index is 9.36. The van der Waals surface area contributed by atoms with Gasteiger partial charge in [-0.3, -0.25) is 0 Å². The molecule has 0 spiro atoms. The fraction of sp³-hybridized carbons (Fsp3) is 0.364. The molecule has 1 N–H and O–H groups in total. The second-order valence-electron chi connectivity index (χ2n) is 3.08. The van der Waals surface area contributed by atoms with Crippen LogP contribution in [0.2, 0.25) is 0 Å². The van der Waals surface area contributed by atoms with E-state index in [1.165, 1.54) is 7.11 Å². The van der Waals surface area contributed by atoms with Gasteiger partial charge >= 0.3 is 0 Å². The van der Waals surface area contributed by atoms with Crippen molar-refractivity contribution >= 4 is 5.71 Å². The fourth-order valence-electron chi connectivity index (χ4n) is 1.27. The van der Waals surface area contributed by atoms with Gasteiger partial charge < -0.3 is 9.94 Å². The van der Waals surface area contributed by atoms with Crippen molar-refractivity contribution in [1.82, 2.24) is 0 Å². The summed E-state index contributed by atoms with van der Waals surface area (Å²) < 4.78 is 0. The summed E-state index contributed by atoms with van der Waals surface area (Å²) in [7, 11) is 1.53. The van der Waals surface area contributed by atoms with Crippen molar-refractivity contribution in [3.05, 3.63) is 29.3 Å². The third-order valence-electron chi connectivity index (χ3n) is 2.07. The lowest BCUT2D eigenvalue weighted by atomic mass is 10.1. The van der Waals surface area contributed by atoms with Crippen LogP contribution in [0.25, 0.3) is 0 Å². The van der Waals surface area contributed by atoms with Crippen molar-refractivity contribution in [2.75, 3.05) is 7.11 Å². The zero-order valence-corrected chi connectivity index (χ0v) is 8.74. The van der Waals surface area contributed by atoms with Crippen LogP contribution in [0.15, 0.2) is 23.4 Å². The highest BCUT2D eigenvalue weighted by atomic mass is 16.6. The first-order chi connectivity index (χ1) is 6.69. The number of rotatable bonds is 3. The Morgan fingerprint density at radius 1 is 1.50 bits per heavy atom. The van der Waals surface area contributed by atoms with Gasteiger partial charge in [-0.25, -0.2) is 0 Å². The second-order valence-corrected chi connectivity index (χ2v) is 3.08. The Balaban J connectivity index is 3.06. The summed E-state index contributed by atoms with van der Waals surface area (Å²) in [5.74, 6) is 0.307. The number of aromatic hydroxyl groups is 1. The van der Waals surface area contributed by atoms with Crippen LogP contribution < -0.4 is 0 Å². The first-order valence-corrected chi connectivity index (χ1v) is 4.59. The van der Waals surface area contributed by atoms with E-state index in [2.05, 4.69) is 5.16 Å². The van der Waals surface area contributed by atoms with Gasteiger partial charge in [0.25, 0.3) is 0 Å². The molecule has 1 rings (SSSR count).